The second-order valence-electron chi connectivity index (χ2n) is 9.65. The molecule has 5 heterocycles. The van der Waals surface area contributed by atoms with E-state index in [2.05, 4.69) is 37.7 Å². The lowest BCUT2D eigenvalue weighted by Crippen LogP contribution is -2.37. The highest BCUT2D eigenvalue weighted by molar-refractivity contribution is 5.83. The van der Waals surface area contributed by atoms with Gasteiger partial charge < -0.3 is 10.6 Å². The van der Waals surface area contributed by atoms with Crippen LogP contribution in [0.25, 0.3) is 34.1 Å². The van der Waals surface area contributed by atoms with E-state index in [0.717, 1.165) is 49.0 Å². The van der Waals surface area contributed by atoms with Crippen LogP contribution in [0.4, 0.5) is 5.82 Å². The number of carbonyl (C=O) groups excluding carboxylic acids is 1. The van der Waals surface area contributed by atoms with E-state index in [1.54, 1.807) is 17.1 Å². The Morgan fingerprint density at radius 1 is 0.973 bits per heavy atom. The summed E-state index contributed by atoms with van der Waals surface area (Å²) in [6.45, 7) is 0.849. The minimum Gasteiger partial charge on any atom is -0.383 e. The van der Waals surface area contributed by atoms with E-state index in [4.69, 9.17) is 15.7 Å². The van der Waals surface area contributed by atoms with Crippen molar-refractivity contribution in [2.75, 3.05) is 12.3 Å². The number of hydrogen-bond donors (Lipinski definition) is 1. The predicted octanol–water partition coefficient (Wildman–Crippen LogP) is 4.25. The minimum absolute atomic E-state index is 0.161. The maximum atomic E-state index is 12.6. The Kier molecular flexibility index (Phi) is 5.02. The van der Waals surface area contributed by atoms with Gasteiger partial charge in [0.15, 0.2) is 17.3 Å². The first kappa shape index (κ1) is 21.7. The number of anilines is 1. The molecule has 2 N–H and O–H groups in total. The van der Waals surface area contributed by atoms with Gasteiger partial charge in [0.25, 0.3) is 0 Å². The van der Waals surface area contributed by atoms with Crippen LogP contribution in [-0.2, 0) is 11.2 Å². The number of pyridine rings is 2. The molecule has 0 bridgehead atoms. The summed E-state index contributed by atoms with van der Waals surface area (Å²) in [5.41, 5.74) is 12.0. The van der Waals surface area contributed by atoms with Crippen LogP contribution in [0.5, 0.6) is 0 Å². The zero-order chi connectivity index (χ0) is 24.9. The van der Waals surface area contributed by atoms with E-state index in [0.29, 0.717) is 29.5 Å². The van der Waals surface area contributed by atoms with Crippen molar-refractivity contribution in [3.05, 3.63) is 78.2 Å². The van der Waals surface area contributed by atoms with E-state index in [1.165, 1.54) is 11.1 Å². The molecule has 0 unspecified atom stereocenters. The summed E-state index contributed by atoms with van der Waals surface area (Å²) < 4.78 is 3.78. The lowest BCUT2D eigenvalue weighted by Gasteiger charge is -2.33. The average Bonchev–Trinajstić information content (AvgIpc) is 3.67. The Labute approximate surface area is 213 Å². The van der Waals surface area contributed by atoms with E-state index in [1.807, 2.05) is 36.5 Å². The normalized spacial score (nSPS) is 17.5. The number of fused-ring (bicyclic) bond motifs is 2. The van der Waals surface area contributed by atoms with Crippen LogP contribution in [0.15, 0.2) is 67.1 Å². The predicted molar refractivity (Wildman–Crippen MR) is 140 cm³/mol. The van der Waals surface area contributed by atoms with Crippen LogP contribution in [0.2, 0.25) is 0 Å². The molecule has 1 saturated heterocycles. The van der Waals surface area contributed by atoms with Crippen molar-refractivity contribution in [2.45, 2.75) is 38.1 Å². The molecule has 1 amide bonds. The number of carbonyl (C=O) groups is 1. The molecular weight excluding hydrogens is 464 g/mol. The van der Waals surface area contributed by atoms with E-state index >= 15 is 0 Å². The first-order chi connectivity index (χ1) is 18.2. The molecule has 1 aliphatic carbocycles. The second kappa shape index (κ2) is 8.55. The van der Waals surface area contributed by atoms with Gasteiger partial charge in [-0.25, -0.2) is 19.6 Å². The number of aromatic nitrogens is 6. The van der Waals surface area contributed by atoms with Crippen LogP contribution in [0.1, 0.15) is 42.9 Å². The molecule has 184 valence electrons. The summed E-state index contributed by atoms with van der Waals surface area (Å²) in [6.07, 6.45) is 9.90. The van der Waals surface area contributed by atoms with Gasteiger partial charge in [0, 0.05) is 37.2 Å². The molecular formula is C28H26N8O. The number of piperidine rings is 1. The number of aryl methyl sites for hydroxylation is 1. The first-order valence-electron chi connectivity index (χ1n) is 12.7. The lowest BCUT2D eigenvalue weighted by molar-refractivity contribution is -0.135. The van der Waals surface area contributed by atoms with Crippen LogP contribution >= 0.6 is 0 Å². The quantitative estimate of drug-likeness (QED) is 0.404. The van der Waals surface area contributed by atoms with Gasteiger partial charge in [0.2, 0.25) is 5.91 Å². The molecule has 1 aromatic carbocycles. The Morgan fingerprint density at radius 3 is 2.76 bits per heavy atom. The third-order valence-corrected chi connectivity index (χ3v) is 7.48. The van der Waals surface area contributed by atoms with Gasteiger partial charge in [0.05, 0.1) is 11.6 Å². The van der Waals surface area contributed by atoms with Crippen molar-refractivity contribution >= 4 is 22.9 Å². The summed E-state index contributed by atoms with van der Waals surface area (Å²) >= 11 is 0. The topological polar surface area (TPSA) is 108 Å². The molecule has 4 aromatic heterocycles. The number of amides is 1. The maximum Gasteiger partial charge on any atom is 0.223 e. The Hall–Kier alpha value is -4.53. The Bertz CT molecular complexity index is 1640. The standard InChI is InChI=1S/C28H26N8O/c29-26-21(5-3-13-30-26)27-32-22-10-12-24(35-16-4-14-31-35)33-28(22)36(27)19-8-9-20-18(17-19)7-11-23(20)34-15-2-1-6-25(34)37/h3-5,8-10,12-14,16-17,23H,1-2,6-7,11,15H2,(H2,29,30)/t23-/m0/s1. The van der Waals surface area contributed by atoms with Gasteiger partial charge in [-0.1, -0.05) is 6.07 Å². The van der Waals surface area contributed by atoms with E-state index < -0.39 is 0 Å². The van der Waals surface area contributed by atoms with Crippen molar-refractivity contribution in [3.8, 4) is 22.9 Å². The molecule has 37 heavy (non-hydrogen) atoms. The molecule has 2 aliphatic rings. The molecule has 9 heteroatoms. The summed E-state index contributed by atoms with van der Waals surface area (Å²) in [5, 5.41) is 4.34. The molecule has 9 nitrogen and oxygen atoms in total. The number of nitrogens with zero attached hydrogens (tertiary/aromatic N) is 7. The fraction of sp³-hybridized carbons (Fsp3) is 0.250. The van der Waals surface area contributed by atoms with Crippen LogP contribution in [0, 0.1) is 0 Å². The number of likely N-dealkylation sites (tertiary alicyclic amines) is 1. The third-order valence-electron chi connectivity index (χ3n) is 7.48. The molecule has 1 aliphatic heterocycles. The van der Waals surface area contributed by atoms with Crippen molar-refractivity contribution < 1.29 is 4.79 Å². The number of hydrogen-bond acceptors (Lipinski definition) is 6. The molecule has 0 radical (unpaired) electrons. The number of imidazole rings is 1. The highest BCUT2D eigenvalue weighted by Gasteiger charge is 2.32. The van der Waals surface area contributed by atoms with Gasteiger partial charge in [-0.15, -0.1) is 0 Å². The number of nitrogens with two attached hydrogens (primary N) is 1. The number of rotatable bonds is 4. The maximum absolute atomic E-state index is 12.6. The third kappa shape index (κ3) is 3.57. The largest absolute Gasteiger partial charge is 0.383 e. The lowest BCUT2D eigenvalue weighted by atomic mass is 10.0. The summed E-state index contributed by atoms with van der Waals surface area (Å²) in [4.78, 5) is 28.9. The smallest absolute Gasteiger partial charge is 0.223 e. The first-order valence-corrected chi connectivity index (χ1v) is 12.7. The highest BCUT2D eigenvalue weighted by Crippen LogP contribution is 2.39. The molecule has 1 atom stereocenters. The minimum atomic E-state index is 0.161. The zero-order valence-corrected chi connectivity index (χ0v) is 20.3. The molecule has 5 aromatic rings. The molecule has 1 fully saturated rings. The molecule has 0 spiro atoms. The van der Waals surface area contributed by atoms with Crippen LogP contribution in [0.3, 0.4) is 0 Å². The summed E-state index contributed by atoms with van der Waals surface area (Å²) in [6, 6.07) is 16.2. The summed E-state index contributed by atoms with van der Waals surface area (Å²) in [7, 11) is 0. The number of benzene rings is 1. The van der Waals surface area contributed by atoms with E-state index in [-0.39, 0.29) is 11.9 Å². The SMILES string of the molecule is Nc1ncccc1-c1nc2ccc(-n3cccn3)nc2n1-c1ccc2c(c1)CC[C@@H]2N1CCCCC1=O. The van der Waals surface area contributed by atoms with Gasteiger partial charge in [0.1, 0.15) is 11.3 Å². The van der Waals surface area contributed by atoms with Crippen molar-refractivity contribution in [3.63, 3.8) is 0 Å². The van der Waals surface area contributed by atoms with Crippen molar-refractivity contribution in [1.82, 2.24) is 34.2 Å². The van der Waals surface area contributed by atoms with Crippen LogP contribution in [-0.4, -0.2) is 46.7 Å². The van der Waals surface area contributed by atoms with Crippen molar-refractivity contribution in [1.29, 1.82) is 0 Å². The van der Waals surface area contributed by atoms with E-state index in [9.17, 15) is 4.79 Å². The molecule has 7 rings (SSSR count). The monoisotopic (exact) mass is 490 g/mol. The van der Waals surface area contributed by atoms with Gasteiger partial charge in [-0.3, -0.25) is 9.36 Å². The van der Waals surface area contributed by atoms with Gasteiger partial charge >= 0.3 is 0 Å². The zero-order valence-electron chi connectivity index (χ0n) is 20.3. The number of nitrogen functional groups attached to an aromatic ring is 1. The Balaban J connectivity index is 1.39. The van der Waals surface area contributed by atoms with Gasteiger partial charge in [-0.05, 0) is 79.3 Å². The summed E-state index contributed by atoms with van der Waals surface area (Å²) in [5.74, 6) is 2.08. The average molecular weight is 491 g/mol. The highest BCUT2D eigenvalue weighted by atomic mass is 16.2. The second-order valence-corrected chi connectivity index (χ2v) is 9.65. The van der Waals surface area contributed by atoms with Crippen molar-refractivity contribution in [2.24, 2.45) is 0 Å². The van der Waals surface area contributed by atoms with Gasteiger partial charge in [-0.2, -0.15) is 5.10 Å². The van der Waals surface area contributed by atoms with Crippen LogP contribution < -0.4 is 5.73 Å². The Morgan fingerprint density at radius 2 is 1.92 bits per heavy atom. The molecule has 0 saturated carbocycles. The fourth-order valence-electron chi connectivity index (χ4n) is 5.71. The fourth-order valence-corrected chi connectivity index (χ4v) is 5.71.